The Kier molecular flexibility index (Phi) is 6.08. The van der Waals surface area contributed by atoms with Crippen LogP contribution in [0.25, 0.3) is 11.4 Å². The van der Waals surface area contributed by atoms with Crippen molar-refractivity contribution in [2.45, 2.75) is 53.4 Å². The van der Waals surface area contributed by atoms with E-state index in [1.807, 2.05) is 30.3 Å². The smallest absolute Gasteiger partial charge is 0.0630 e. The molecule has 24 heavy (non-hydrogen) atoms. The van der Waals surface area contributed by atoms with Gasteiger partial charge in [0.25, 0.3) is 0 Å². The maximum atomic E-state index is 6.54. The monoisotopic (exact) mass is 322 g/mol. The SMILES string of the molecule is CCc1cc(C(N)=C(N)c2ccccc2)c(CC)c(CC)c1CC. The highest BCUT2D eigenvalue weighted by Gasteiger charge is 2.17. The highest BCUT2D eigenvalue weighted by Crippen LogP contribution is 2.30. The van der Waals surface area contributed by atoms with Gasteiger partial charge in [-0.1, -0.05) is 58.0 Å². The lowest BCUT2D eigenvalue weighted by Gasteiger charge is -2.21. The third-order valence-corrected chi connectivity index (χ3v) is 4.87. The molecule has 128 valence electrons. The molecule has 2 aromatic rings. The molecule has 0 heterocycles. The van der Waals surface area contributed by atoms with Crippen molar-refractivity contribution in [3.8, 4) is 0 Å². The topological polar surface area (TPSA) is 52.0 Å². The minimum atomic E-state index is 0.665. The van der Waals surface area contributed by atoms with Gasteiger partial charge in [-0.15, -0.1) is 0 Å². The number of aryl methyl sites for hydroxylation is 1. The van der Waals surface area contributed by atoms with E-state index in [2.05, 4.69) is 33.8 Å². The van der Waals surface area contributed by atoms with Crippen LogP contribution < -0.4 is 11.5 Å². The summed E-state index contributed by atoms with van der Waals surface area (Å²) in [4.78, 5) is 0. The zero-order valence-electron chi connectivity index (χ0n) is 15.4. The van der Waals surface area contributed by atoms with Crippen LogP contribution in [0.15, 0.2) is 36.4 Å². The maximum absolute atomic E-state index is 6.54. The van der Waals surface area contributed by atoms with Gasteiger partial charge in [0.15, 0.2) is 0 Å². The van der Waals surface area contributed by atoms with Crippen LogP contribution in [0.4, 0.5) is 0 Å². The molecule has 0 fully saturated rings. The second-order valence-electron chi connectivity index (χ2n) is 6.13. The van der Waals surface area contributed by atoms with Gasteiger partial charge in [-0.25, -0.2) is 0 Å². The van der Waals surface area contributed by atoms with Gasteiger partial charge in [0.1, 0.15) is 0 Å². The van der Waals surface area contributed by atoms with Gasteiger partial charge in [-0.05, 0) is 59.6 Å². The van der Waals surface area contributed by atoms with Crippen LogP contribution in [0.2, 0.25) is 0 Å². The van der Waals surface area contributed by atoms with Crippen LogP contribution in [-0.4, -0.2) is 0 Å². The Hall–Kier alpha value is -2.22. The zero-order valence-corrected chi connectivity index (χ0v) is 15.4. The summed E-state index contributed by atoms with van der Waals surface area (Å²) in [5.74, 6) is 0. The fourth-order valence-electron chi connectivity index (χ4n) is 3.63. The average Bonchev–Trinajstić information content (AvgIpc) is 2.65. The van der Waals surface area contributed by atoms with Crippen molar-refractivity contribution < 1.29 is 0 Å². The molecule has 0 aromatic heterocycles. The standard InChI is InChI=1S/C22H30N2/c1-5-15-14-20(19(8-4)18(7-3)17(15)6-2)22(24)21(23)16-12-10-9-11-13-16/h9-14H,5-8,23-24H2,1-4H3. The van der Waals surface area contributed by atoms with E-state index in [0.29, 0.717) is 11.4 Å². The Morgan fingerprint density at radius 3 is 1.79 bits per heavy atom. The molecule has 0 saturated heterocycles. The van der Waals surface area contributed by atoms with Gasteiger partial charge in [-0.3, -0.25) is 0 Å². The second-order valence-corrected chi connectivity index (χ2v) is 6.13. The number of hydrogen-bond acceptors (Lipinski definition) is 2. The third-order valence-electron chi connectivity index (χ3n) is 4.87. The Morgan fingerprint density at radius 2 is 1.29 bits per heavy atom. The van der Waals surface area contributed by atoms with E-state index in [9.17, 15) is 0 Å². The van der Waals surface area contributed by atoms with Crippen LogP contribution in [0.5, 0.6) is 0 Å². The van der Waals surface area contributed by atoms with Crippen molar-refractivity contribution in [3.05, 3.63) is 69.8 Å². The first-order chi connectivity index (χ1) is 11.6. The van der Waals surface area contributed by atoms with Crippen LogP contribution in [0.3, 0.4) is 0 Å². The Balaban J connectivity index is 2.73. The molecule has 0 aliphatic rings. The van der Waals surface area contributed by atoms with Gasteiger partial charge < -0.3 is 11.5 Å². The quantitative estimate of drug-likeness (QED) is 0.759. The predicted molar refractivity (Wildman–Crippen MR) is 106 cm³/mol. The molecule has 0 aliphatic carbocycles. The van der Waals surface area contributed by atoms with Crippen molar-refractivity contribution in [1.29, 1.82) is 0 Å². The van der Waals surface area contributed by atoms with Crippen molar-refractivity contribution in [2.75, 3.05) is 0 Å². The van der Waals surface area contributed by atoms with Crippen LogP contribution >= 0.6 is 0 Å². The van der Waals surface area contributed by atoms with E-state index < -0.39 is 0 Å². The minimum absolute atomic E-state index is 0.665. The molecule has 0 saturated carbocycles. The first kappa shape index (κ1) is 18.1. The first-order valence-electron chi connectivity index (χ1n) is 9.06. The molecule has 0 spiro atoms. The summed E-state index contributed by atoms with van der Waals surface area (Å²) in [6.45, 7) is 8.89. The van der Waals surface area contributed by atoms with E-state index >= 15 is 0 Å². The lowest BCUT2D eigenvalue weighted by molar-refractivity contribution is 0.939. The molecule has 2 heteroatoms. The summed E-state index contributed by atoms with van der Waals surface area (Å²) in [5, 5.41) is 0. The second kappa shape index (κ2) is 8.05. The molecular weight excluding hydrogens is 292 g/mol. The lowest BCUT2D eigenvalue weighted by Crippen LogP contribution is -2.13. The van der Waals surface area contributed by atoms with E-state index in [4.69, 9.17) is 11.5 Å². The van der Waals surface area contributed by atoms with Gasteiger partial charge in [-0.2, -0.15) is 0 Å². The Labute approximate surface area is 146 Å². The molecule has 4 N–H and O–H groups in total. The van der Waals surface area contributed by atoms with Crippen LogP contribution in [0.1, 0.15) is 61.1 Å². The molecular formula is C22H30N2. The molecule has 2 aromatic carbocycles. The van der Waals surface area contributed by atoms with Crippen molar-refractivity contribution in [3.63, 3.8) is 0 Å². The Bertz CT molecular complexity index is 727. The van der Waals surface area contributed by atoms with Crippen molar-refractivity contribution in [1.82, 2.24) is 0 Å². The molecule has 0 bridgehead atoms. The number of benzene rings is 2. The molecule has 0 aliphatic heterocycles. The fraction of sp³-hybridized carbons (Fsp3) is 0.364. The average molecular weight is 322 g/mol. The first-order valence-corrected chi connectivity index (χ1v) is 9.06. The Morgan fingerprint density at radius 1 is 0.708 bits per heavy atom. The summed E-state index contributed by atoms with van der Waals surface area (Å²) in [6.07, 6.45) is 4.09. The minimum Gasteiger partial charge on any atom is -0.397 e. The van der Waals surface area contributed by atoms with E-state index in [0.717, 1.165) is 36.8 Å². The summed E-state index contributed by atoms with van der Waals surface area (Å²) in [7, 11) is 0. The van der Waals surface area contributed by atoms with E-state index in [1.165, 1.54) is 22.3 Å². The summed E-state index contributed by atoms with van der Waals surface area (Å²) < 4.78 is 0. The number of hydrogen-bond donors (Lipinski definition) is 2. The molecule has 0 radical (unpaired) electrons. The maximum Gasteiger partial charge on any atom is 0.0630 e. The molecule has 0 unspecified atom stereocenters. The van der Waals surface area contributed by atoms with Gasteiger partial charge >= 0.3 is 0 Å². The number of rotatable bonds is 6. The van der Waals surface area contributed by atoms with E-state index in [1.54, 1.807) is 0 Å². The van der Waals surface area contributed by atoms with Gasteiger partial charge in [0.05, 0.1) is 11.4 Å². The normalized spacial score (nSPS) is 12.2. The fourth-order valence-corrected chi connectivity index (χ4v) is 3.63. The summed E-state index contributed by atoms with van der Waals surface area (Å²) in [6, 6.07) is 12.3. The molecule has 0 atom stereocenters. The van der Waals surface area contributed by atoms with Crippen molar-refractivity contribution >= 4 is 11.4 Å². The van der Waals surface area contributed by atoms with Crippen LogP contribution in [0, 0.1) is 0 Å². The molecule has 2 nitrogen and oxygen atoms in total. The van der Waals surface area contributed by atoms with Gasteiger partial charge in [0, 0.05) is 5.56 Å². The highest BCUT2D eigenvalue weighted by molar-refractivity contribution is 5.89. The summed E-state index contributed by atoms with van der Waals surface area (Å²) in [5.41, 5.74) is 22.1. The lowest BCUT2D eigenvalue weighted by atomic mass is 9.85. The largest absolute Gasteiger partial charge is 0.397 e. The number of nitrogens with two attached hydrogens (primary N) is 2. The van der Waals surface area contributed by atoms with Crippen LogP contribution in [-0.2, 0) is 25.7 Å². The van der Waals surface area contributed by atoms with Crippen molar-refractivity contribution in [2.24, 2.45) is 11.5 Å². The van der Waals surface area contributed by atoms with E-state index in [-0.39, 0.29) is 0 Å². The summed E-state index contributed by atoms with van der Waals surface area (Å²) >= 11 is 0. The highest BCUT2D eigenvalue weighted by atomic mass is 14.7. The molecule has 0 amide bonds. The zero-order chi connectivity index (χ0) is 17.7. The predicted octanol–water partition coefficient (Wildman–Crippen LogP) is 4.68. The third kappa shape index (κ3) is 3.33. The molecule has 2 rings (SSSR count). The van der Waals surface area contributed by atoms with Gasteiger partial charge in [0.2, 0.25) is 0 Å².